The predicted octanol–water partition coefficient (Wildman–Crippen LogP) is 3.86. The fourth-order valence-corrected chi connectivity index (χ4v) is 3.34. The van der Waals surface area contributed by atoms with E-state index < -0.39 is 5.97 Å². The lowest BCUT2D eigenvalue weighted by molar-refractivity contribution is -0.139. The van der Waals surface area contributed by atoms with Gasteiger partial charge in [-0.15, -0.1) is 0 Å². The van der Waals surface area contributed by atoms with Gasteiger partial charge in [0.2, 0.25) is 0 Å². The topological polar surface area (TPSA) is 40.5 Å². The molecule has 0 aliphatic carbocycles. The van der Waals surface area contributed by atoms with Crippen molar-refractivity contribution in [2.45, 2.75) is 57.5 Å². The molecule has 1 aromatic carbocycles. The molecule has 20 heavy (non-hydrogen) atoms. The molecule has 1 aliphatic rings. The molecule has 1 aliphatic heterocycles. The van der Waals surface area contributed by atoms with Crippen LogP contribution in [0.1, 0.15) is 57.1 Å². The Morgan fingerprint density at radius 1 is 1.35 bits per heavy atom. The normalized spacial score (nSPS) is 21.6. The Balaban J connectivity index is 2.22. The molecule has 0 saturated carbocycles. The number of likely N-dealkylation sites (tertiary alicyclic amines) is 1. The van der Waals surface area contributed by atoms with Gasteiger partial charge < -0.3 is 5.11 Å². The standard InChI is InChI=1S/C17H25NO2/c1-2-8-15-11-6-7-12-18(15)16(13-17(19)20)14-9-4-3-5-10-14/h3-5,9-10,15-16H,2,6-8,11-13H2,1H3,(H,19,20). The van der Waals surface area contributed by atoms with E-state index in [1.54, 1.807) is 0 Å². The highest BCUT2D eigenvalue weighted by molar-refractivity contribution is 5.68. The van der Waals surface area contributed by atoms with Gasteiger partial charge in [0, 0.05) is 12.1 Å². The summed E-state index contributed by atoms with van der Waals surface area (Å²) in [7, 11) is 0. The second-order valence-corrected chi connectivity index (χ2v) is 5.70. The number of rotatable bonds is 6. The van der Waals surface area contributed by atoms with Crippen molar-refractivity contribution in [3.8, 4) is 0 Å². The second kappa shape index (κ2) is 7.44. The molecule has 1 aromatic rings. The number of aliphatic carboxylic acids is 1. The number of nitrogens with zero attached hydrogens (tertiary/aromatic N) is 1. The molecule has 0 bridgehead atoms. The monoisotopic (exact) mass is 275 g/mol. The minimum absolute atomic E-state index is 0.0190. The molecule has 1 saturated heterocycles. The first-order valence-electron chi connectivity index (χ1n) is 7.75. The van der Waals surface area contributed by atoms with Crippen LogP contribution in [-0.4, -0.2) is 28.6 Å². The van der Waals surface area contributed by atoms with Crippen LogP contribution in [-0.2, 0) is 4.79 Å². The molecule has 0 spiro atoms. The minimum Gasteiger partial charge on any atom is -0.481 e. The predicted molar refractivity (Wildman–Crippen MR) is 80.7 cm³/mol. The molecule has 2 atom stereocenters. The first-order chi connectivity index (χ1) is 9.72. The molecular formula is C17H25NO2. The van der Waals surface area contributed by atoms with Crippen LogP contribution in [0, 0.1) is 0 Å². The van der Waals surface area contributed by atoms with Crippen LogP contribution in [0.3, 0.4) is 0 Å². The Kier molecular flexibility index (Phi) is 5.60. The maximum Gasteiger partial charge on any atom is 0.305 e. The van der Waals surface area contributed by atoms with Crippen LogP contribution in [0.25, 0.3) is 0 Å². The van der Waals surface area contributed by atoms with Gasteiger partial charge in [-0.25, -0.2) is 0 Å². The van der Waals surface area contributed by atoms with Gasteiger partial charge in [0.25, 0.3) is 0 Å². The molecule has 2 unspecified atom stereocenters. The Morgan fingerprint density at radius 2 is 2.10 bits per heavy atom. The van der Waals surface area contributed by atoms with Crippen molar-refractivity contribution >= 4 is 5.97 Å². The number of carboxylic acid groups (broad SMARTS) is 1. The van der Waals surface area contributed by atoms with Crippen LogP contribution in [0.2, 0.25) is 0 Å². The minimum atomic E-state index is -0.709. The summed E-state index contributed by atoms with van der Waals surface area (Å²) in [5, 5.41) is 9.27. The van der Waals surface area contributed by atoms with E-state index in [-0.39, 0.29) is 12.5 Å². The van der Waals surface area contributed by atoms with Gasteiger partial charge >= 0.3 is 5.97 Å². The van der Waals surface area contributed by atoms with Gasteiger partial charge in [-0.2, -0.15) is 0 Å². The van der Waals surface area contributed by atoms with Crippen molar-refractivity contribution in [2.24, 2.45) is 0 Å². The Morgan fingerprint density at radius 3 is 2.75 bits per heavy atom. The molecule has 0 aromatic heterocycles. The fourth-order valence-electron chi connectivity index (χ4n) is 3.34. The third-order valence-corrected chi connectivity index (χ3v) is 4.25. The maximum atomic E-state index is 11.3. The lowest BCUT2D eigenvalue weighted by Gasteiger charge is -2.41. The van der Waals surface area contributed by atoms with Crippen molar-refractivity contribution in [1.29, 1.82) is 0 Å². The summed E-state index contributed by atoms with van der Waals surface area (Å²) in [4.78, 5) is 13.7. The zero-order valence-corrected chi connectivity index (χ0v) is 12.3. The summed E-state index contributed by atoms with van der Waals surface area (Å²) < 4.78 is 0. The SMILES string of the molecule is CCCC1CCCCN1C(CC(=O)O)c1ccccc1. The van der Waals surface area contributed by atoms with Gasteiger partial charge in [0.1, 0.15) is 0 Å². The maximum absolute atomic E-state index is 11.3. The third kappa shape index (κ3) is 3.83. The van der Waals surface area contributed by atoms with Gasteiger partial charge in [-0.1, -0.05) is 50.1 Å². The van der Waals surface area contributed by atoms with E-state index in [0.717, 1.165) is 18.5 Å². The van der Waals surface area contributed by atoms with E-state index in [1.807, 2.05) is 18.2 Å². The first-order valence-corrected chi connectivity index (χ1v) is 7.75. The average Bonchev–Trinajstić information content (AvgIpc) is 2.47. The average molecular weight is 275 g/mol. The van der Waals surface area contributed by atoms with Crippen molar-refractivity contribution in [3.05, 3.63) is 35.9 Å². The van der Waals surface area contributed by atoms with E-state index in [1.165, 1.54) is 25.7 Å². The molecule has 1 fully saturated rings. The highest BCUT2D eigenvalue weighted by atomic mass is 16.4. The summed E-state index contributed by atoms with van der Waals surface area (Å²) >= 11 is 0. The van der Waals surface area contributed by atoms with Crippen molar-refractivity contribution in [3.63, 3.8) is 0 Å². The van der Waals surface area contributed by atoms with Gasteiger partial charge in [0.15, 0.2) is 0 Å². The highest BCUT2D eigenvalue weighted by Gasteiger charge is 2.30. The summed E-state index contributed by atoms with van der Waals surface area (Å²) in [5.41, 5.74) is 1.14. The summed E-state index contributed by atoms with van der Waals surface area (Å²) in [6, 6.07) is 10.7. The number of carboxylic acids is 1. The molecule has 3 nitrogen and oxygen atoms in total. The molecule has 1 N–H and O–H groups in total. The van der Waals surface area contributed by atoms with Crippen molar-refractivity contribution in [1.82, 2.24) is 4.90 Å². The van der Waals surface area contributed by atoms with E-state index in [0.29, 0.717) is 6.04 Å². The Labute approximate surface area is 121 Å². The second-order valence-electron chi connectivity index (χ2n) is 5.70. The molecular weight excluding hydrogens is 250 g/mol. The lowest BCUT2D eigenvalue weighted by Crippen LogP contribution is -2.42. The van der Waals surface area contributed by atoms with E-state index in [4.69, 9.17) is 0 Å². The van der Waals surface area contributed by atoms with Gasteiger partial charge in [-0.3, -0.25) is 9.69 Å². The van der Waals surface area contributed by atoms with Crippen LogP contribution in [0.15, 0.2) is 30.3 Å². The van der Waals surface area contributed by atoms with E-state index in [9.17, 15) is 9.90 Å². The number of hydrogen-bond acceptors (Lipinski definition) is 2. The Hall–Kier alpha value is -1.35. The van der Waals surface area contributed by atoms with Crippen LogP contribution in [0.5, 0.6) is 0 Å². The number of piperidine rings is 1. The van der Waals surface area contributed by atoms with E-state index in [2.05, 4.69) is 24.0 Å². The summed E-state index contributed by atoms with van der Waals surface area (Å²) in [6.45, 7) is 3.24. The largest absolute Gasteiger partial charge is 0.481 e. The first kappa shape index (κ1) is 15.0. The fraction of sp³-hybridized carbons (Fsp3) is 0.588. The molecule has 2 rings (SSSR count). The lowest BCUT2D eigenvalue weighted by atomic mass is 9.92. The number of hydrogen-bond donors (Lipinski definition) is 1. The quantitative estimate of drug-likeness (QED) is 0.857. The molecule has 110 valence electrons. The molecule has 3 heteroatoms. The van der Waals surface area contributed by atoms with Crippen LogP contribution < -0.4 is 0 Å². The van der Waals surface area contributed by atoms with Gasteiger partial charge in [-0.05, 0) is 31.4 Å². The zero-order valence-electron chi connectivity index (χ0n) is 12.3. The number of benzene rings is 1. The van der Waals surface area contributed by atoms with Crippen molar-refractivity contribution in [2.75, 3.05) is 6.54 Å². The van der Waals surface area contributed by atoms with Gasteiger partial charge in [0.05, 0.1) is 6.42 Å². The van der Waals surface area contributed by atoms with Crippen LogP contribution in [0.4, 0.5) is 0 Å². The third-order valence-electron chi connectivity index (χ3n) is 4.25. The van der Waals surface area contributed by atoms with Crippen molar-refractivity contribution < 1.29 is 9.90 Å². The summed E-state index contributed by atoms with van der Waals surface area (Å²) in [6.07, 6.45) is 6.19. The highest BCUT2D eigenvalue weighted by Crippen LogP contribution is 2.32. The summed E-state index contributed by atoms with van der Waals surface area (Å²) in [5.74, 6) is -0.709. The smallest absolute Gasteiger partial charge is 0.305 e. The molecule has 1 heterocycles. The Bertz CT molecular complexity index is 416. The van der Waals surface area contributed by atoms with Crippen LogP contribution >= 0.6 is 0 Å². The molecule has 0 amide bonds. The zero-order chi connectivity index (χ0) is 14.4. The van der Waals surface area contributed by atoms with E-state index >= 15 is 0 Å². The molecule has 0 radical (unpaired) electrons. The number of carbonyl (C=O) groups is 1.